The van der Waals surface area contributed by atoms with Crippen LogP contribution in [-0.4, -0.2) is 17.1 Å². The lowest BCUT2D eigenvalue weighted by atomic mass is 10.3. The fourth-order valence-electron chi connectivity index (χ4n) is 1.12. The van der Waals surface area contributed by atoms with E-state index in [2.05, 4.69) is 9.97 Å². The molecule has 1 heterocycles. The molecule has 0 spiro atoms. The molecule has 0 atom stereocenters. The first-order chi connectivity index (χ1) is 7.70. The van der Waals surface area contributed by atoms with Crippen molar-refractivity contribution in [3.8, 4) is 5.75 Å². The summed E-state index contributed by atoms with van der Waals surface area (Å²) in [6.45, 7) is 4.00. The van der Waals surface area contributed by atoms with Crippen molar-refractivity contribution in [1.82, 2.24) is 9.97 Å². The number of halogens is 2. The average molecular weight is 259 g/mol. The number of nitrogens with zero attached hydrogens (tertiary/aromatic N) is 2. The molecule has 86 valence electrons. The zero-order chi connectivity index (χ0) is 12.1. The lowest BCUT2D eigenvalue weighted by Crippen LogP contribution is -1.88. The van der Waals surface area contributed by atoms with E-state index in [0.717, 1.165) is 0 Å². The molecule has 0 unspecified atom stereocenters. The first kappa shape index (κ1) is 13.0. The molecule has 0 N–H and O–H groups in total. The largest absolute Gasteiger partial charge is 0.497 e. The molecule has 0 saturated heterocycles. The summed E-state index contributed by atoms with van der Waals surface area (Å²) in [5, 5.41) is 0.414. The van der Waals surface area contributed by atoms with Gasteiger partial charge < -0.3 is 4.74 Å². The van der Waals surface area contributed by atoms with E-state index in [1.165, 1.54) is 0 Å². The number of hydrogen-bond acceptors (Lipinski definition) is 3. The summed E-state index contributed by atoms with van der Waals surface area (Å²) in [4.78, 5) is 8.14. The fourth-order valence-corrected chi connectivity index (χ4v) is 1.38. The standard InChI is InChI=1S/C9H6Cl2N2O.C2H6/c1-14-5-2-3-6-7(4-5)13-9(11)8(10)12-6;1-2/h2-4H,1H3;1-2H3. The zero-order valence-electron chi connectivity index (χ0n) is 9.29. The second kappa shape index (κ2) is 5.87. The first-order valence-electron chi connectivity index (χ1n) is 4.87. The number of rotatable bonds is 1. The van der Waals surface area contributed by atoms with Gasteiger partial charge in [-0.25, -0.2) is 9.97 Å². The van der Waals surface area contributed by atoms with Gasteiger partial charge >= 0.3 is 0 Å². The fraction of sp³-hybridized carbons (Fsp3) is 0.273. The summed E-state index contributed by atoms with van der Waals surface area (Å²) >= 11 is 11.5. The third kappa shape index (κ3) is 2.74. The van der Waals surface area contributed by atoms with Crippen molar-refractivity contribution >= 4 is 34.2 Å². The number of hydrogen-bond donors (Lipinski definition) is 0. The maximum Gasteiger partial charge on any atom is 0.167 e. The molecule has 0 radical (unpaired) electrons. The lowest BCUT2D eigenvalue weighted by molar-refractivity contribution is 0.415. The van der Waals surface area contributed by atoms with Crippen molar-refractivity contribution in [2.45, 2.75) is 13.8 Å². The van der Waals surface area contributed by atoms with Crippen LogP contribution in [0.2, 0.25) is 10.3 Å². The van der Waals surface area contributed by atoms with Gasteiger partial charge in [-0.3, -0.25) is 0 Å². The van der Waals surface area contributed by atoms with E-state index < -0.39 is 0 Å². The number of benzene rings is 1. The Labute approximate surface area is 104 Å². The monoisotopic (exact) mass is 258 g/mol. The number of aromatic nitrogens is 2. The van der Waals surface area contributed by atoms with E-state index in [1.807, 2.05) is 13.8 Å². The predicted molar refractivity (Wildman–Crippen MR) is 67.5 cm³/mol. The van der Waals surface area contributed by atoms with Crippen LogP contribution in [0.25, 0.3) is 11.0 Å². The number of methoxy groups -OCH3 is 1. The Balaban J connectivity index is 0.000000606. The summed E-state index contributed by atoms with van der Waals surface area (Å²) in [5.41, 5.74) is 1.36. The molecule has 16 heavy (non-hydrogen) atoms. The third-order valence-electron chi connectivity index (χ3n) is 1.79. The predicted octanol–water partition coefficient (Wildman–Crippen LogP) is 3.97. The van der Waals surface area contributed by atoms with Crippen molar-refractivity contribution in [1.29, 1.82) is 0 Å². The minimum absolute atomic E-state index is 0.201. The quantitative estimate of drug-likeness (QED) is 0.777. The topological polar surface area (TPSA) is 35.0 Å². The van der Waals surface area contributed by atoms with Crippen LogP contribution in [0, 0.1) is 0 Å². The molecule has 5 heteroatoms. The highest BCUT2D eigenvalue weighted by atomic mass is 35.5. The van der Waals surface area contributed by atoms with E-state index in [9.17, 15) is 0 Å². The van der Waals surface area contributed by atoms with E-state index in [1.54, 1.807) is 25.3 Å². The van der Waals surface area contributed by atoms with Crippen molar-refractivity contribution in [3.05, 3.63) is 28.5 Å². The Morgan fingerprint density at radius 1 is 1.00 bits per heavy atom. The van der Waals surface area contributed by atoms with Gasteiger partial charge in [-0.2, -0.15) is 0 Å². The minimum atomic E-state index is 0.201. The maximum absolute atomic E-state index is 5.74. The van der Waals surface area contributed by atoms with Crippen molar-refractivity contribution in [3.63, 3.8) is 0 Å². The van der Waals surface area contributed by atoms with Gasteiger partial charge in [0.1, 0.15) is 5.75 Å². The Kier molecular flexibility index (Phi) is 4.77. The highest BCUT2D eigenvalue weighted by Gasteiger charge is 2.04. The zero-order valence-corrected chi connectivity index (χ0v) is 10.8. The molecule has 0 aliphatic rings. The molecule has 0 amide bonds. The van der Waals surface area contributed by atoms with Gasteiger partial charge in [0.05, 0.1) is 18.1 Å². The summed E-state index contributed by atoms with van der Waals surface area (Å²) in [5.74, 6) is 0.713. The maximum atomic E-state index is 5.74. The van der Waals surface area contributed by atoms with E-state index >= 15 is 0 Å². The van der Waals surface area contributed by atoms with Crippen molar-refractivity contribution in [2.75, 3.05) is 7.11 Å². The molecule has 1 aromatic carbocycles. The Morgan fingerprint density at radius 2 is 1.56 bits per heavy atom. The third-order valence-corrected chi connectivity index (χ3v) is 2.41. The van der Waals surface area contributed by atoms with Gasteiger partial charge in [0.15, 0.2) is 10.3 Å². The molecule has 0 fully saturated rings. The molecule has 0 aliphatic carbocycles. The molecule has 1 aromatic heterocycles. The summed E-state index contributed by atoms with van der Waals surface area (Å²) in [6.07, 6.45) is 0. The number of fused-ring (bicyclic) bond motifs is 1. The Bertz CT molecular complexity index is 489. The highest BCUT2D eigenvalue weighted by Crippen LogP contribution is 2.23. The van der Waals surface area contributed by atoms with Crippen LogP contribution in [-0.2, 0) is 0 Å². The summed E-state index contributed by atoms with van der Waals surface area (Å²) in [6, 6.07) is 5.33. The number of ether oxygens (including phenoxy) is 1. The van der Waals surface area contributed by atoms with Gasteiger partial charge in [-0.1, -0.05) is 37.0 Å². The molecular weight excluding hydrogens is 247 g/mol. The van der Waals surface area contributed by atoms with Crippen LogP contribution >= 0.6 is 23.2 Å². The van der Waals surface area contributed by atoms with Gasteiger partial charge in [0, 0.05) is 6.07 Å². The highest BCUT2D eigenvalue weighted by molar-refractivity contribution is 6.40. The van der Waals surface area contributed by atoms with Crippen LogP contribution in [0.5, 0.6) is 5.75 Å². The van der Waals surface area contributed by atoms with Crippen LogP contribution in [0.15, 0.2) is 18.2 Å². The normalized spacial score (nSPS) is 9.56. The lowest BCUT2D eigenvalue weighted by Gasteiger charge is -2.02. The molecule has 0 saturated carbocycles. The molecular formula is C11H12Cl2N2O. The molecule has 3 nitrogen and oxygen atoms in total. The first-order valence-corrected chi connectivity index (χ1v) is 5.63. The Morgan fingerprint density at radius 3 is 2.12 bits per heavy atom. The molecule has 0 bridgehead atoms. The molecule has 2 aromatic rings. The van der Waals surface area contributed by atoms with Gasteiger partial charge in [0.2, 0.25) is 0 Å². The van der Waals surface area contributed by atoms with Crippen LogP contribution in [0.4, 0.5) is 0 Å². The van der Waals surface area contributed by atoms with Crippen LogP contribution in [0.1, 0.15) is 13.8 Å². The SMILES string of the molecule is CC.COc1ccc2nc(Cl)c(Cl)nc2c1. The van der Waals surface area contributed by atoms with Gasteiger partial charge in [-0.05, 0) is 12.1 Å². The second-order valence-electron chi connectivity index (χ2n) is 2.66. The summed E-state index contributed by atoms with van der Waals surface area (Å²) in [7, 11) is 1.59. The molecule has 2 rings (SSSR count). The van der Waals surface area contributed by atoms with E-state index in [-0.39, 0.29) is 10.3 Å². The average Bonchev–Trinajstić information content (AvgIpc) is 2.33. The van der Waals surface area contributed by atoms with Gasteiger partial charge in [0.25, 0.3) is 0 Å². The van der Waals surface area contributed by atoms with Gasteiger partial charge in [-0.15, -0.1) is 0 Å². The minimum Gasteiger partial charge on any atom is -0.497 e. The van der Waals surface area contributed by atoms with Crippen LogP contribution in [0.3, 0.4) is 0 Å². The summed E-state index contributed by atoms with van der Waals surface area (Å²) < 4.78 is 5.05. The van der Waals surface area contributed by atoms with Crippen LogP contribution < -0.4 is 4.74 Å². The van der Waals surface area contributed by atoms with Crippen molar-refractivity contribution in [2.24, 2.45) is 0 Å². The van der Waals surface area contributed by atoms with Crippen molar-refractivity contribution < 1.29 is 4.74 Å². The van der Waals surface area contributed by atoms with E-state index in [0.29, 0.717) is 16.8 Å². The Hall–Kier alpha value is -1.06. The second-order valence-corrected chi connectivity index (χ2v) is 3.38. The molecule has 0 aliphatic heterocycles. The van der Waals surface area contributed by atoms with E-state index in [4.69, 9.17) is 27.9 Å². The smallest absolute Gasteiger partial charge is 0.167 e.